The molecule has 0 saturated carbocycles. The summed E-state index contributed by atoms with van der Waals surface area (Å²) < 4.78 is 10.1. The van der Waals surface area contributed by atoms with Gasteiger partial charge in [-0.1, -0.05) is 18.2 Å². The van der Waals surface area contributed by atoms with Crippen LogP contribution in [0.25, 0.3) is 0 Å². The van der Waals surface area contributed by atoms with Crippen molar-refractivity contribution < 1.29 is 14.3 Å². The molecule has 1 aliphatic heterocycles. The van der Waals surface area contributed by atoms with Gasteiger partial charge in [0.1, 0.15) is 5.75 Å². The number of carbonyl (C=O) groups excluding carboxylic acids is 1. The molecule has 0 atom stereocenters. The van der Waals surface area contributed by atoms with Crippen LogP contribution in [-0.4, -0.2) is 26.2 Å². The van der Waals surface area contributed by atoms with Gasteiger partial charge in [-0.3, -0.25) is 4.79 Å². The molecule has 0 spiro atoms. The number of nitrogens with zero attached hydrogens (tertiary/aromatic N) is 1. The van der Waals surface area contributed by atoms with E-state index < -0.39 is 5.41 Å². The number of benzene rings is 1. The number of nitriles is 1. The molecule has 1 heterocycles. The largest absolute Gasteiger partial charge is 0.496 e. The Bertz CT molecular complexity index is 489. The van der Waals surface area contributed by atoms with Gasteiger partial charge in [0.2, 0.25) is 5.91 Å². The van der Waals surface area contributed by atoms with Crippen molar-refractivity contribution in [2.45, 2.75) is 6.54 Å². The molecule has 1 fully saturated rings. The number of carbonyl (C=O) groups is 1. The maximum absolute atomic E-state index is 11.9. The van der Waals surface area contributed by atoms with Crippen molar-refractivity contribution in [2.24, 2.45) is 5.41 Å². The van der Waals surface area contributed by atoms with E-state index in [-0.39, 0.29) is 19.1 Å². The lowest BCUT2D eigenvalue weighted by molar-refractivity contribution is -0.150. The van der Waals surface area contributed by atoms with Crippen molar-refractivity contribution in [3.05, 3.63) is 29.8 Å². The summed E-state index contributed by atoms with van der Waals surface area (Å²) >= 11 is 0. The van der Waals surface area contributed by atoms with E-state index in [1.165, 1.54) is 0 Å². The Kier molecular flexibility index (Phi) is 3.49. The Morgan fingerprint density at radius 1 is 1.56 bits per heavy atom. The Morgan fingerprint density at radius 3 is 2.83 bits per heavy atom. The molecule has 1 aromatic rings. The first-order valence-electron chi connectivity index (χ1n) is 5.61. The predicted molar refractivity (Wildman–Crippen MR) is 63.7 cm³/mol. The SMILES string of the molecule is COc1ccccc1CNC(=O)C1(C#N)COC1. The molecule has 5 nitrogen and oxygen atoms in total. The fourth-order valence-corrected chi connectivity index (χ4v) is 1.75. The Labute approximate surface area is 105 Å². The van der Waals surface area contributed by atoms with E-state index in [1.807, 2.05) is 30.3 Å². The van der Waals surface area contributed by atoms with Crippen molar-refractivity contribution in [2.75, 3.05) is 20.3 Å². The van der Waals surface area contributed by atoms with Gasteiger partial charge in [0.15, 0.2) is 5.41 Å². The summed E-state index contributed by atoms with van der Waals surface area (Å²) in [5.74, 6) is 0.427. The molecule has 0 bridgehead atoms. The standard InChI is InChI=1S/C13H14N2O3/c1-17-11-5-3-2-4-10(11)6-15-12(16)13(7-14)8-18-9-13/h2-5H,6,8-9H2,1H3,(H,15,16). The molecule has 1 aliphatic rings. The van der Waals surface area contributed by atoms with Crippen LogP contribution in [0.4, 0.5) is 0 Å². The topological polar surface area (TPSA) is 71.3 Å². The number of para-hydroxylation sites is 1. The minimum Gasteiger partial charge on any atom is -0.496 e. The van der Waals surface area contributed by atoms with Crippen LogP contribution in [0.15, 0.2) is 24.3 Å². The van der Waals surface area contributed by atoms with Crippen LogP contribution < -0.4 is 10.1 Å². The van der Waals surface area contributed by atoms with Crippen LogP contribution in [0.2, 0.25) is 0 Å². The van der Waals surface area contributed by atoms with Crippen molar-refractivity contribution >= 4 is 5.91 Å². The molecule has 0 aromatic heterocycles. The number of nitrogens with one attached hydrogen (secondary N) is 1. The van der Waals surface area contributed by atoms with Crippen LogP contribution in [0, 0.1) is 16.7 Å². The maximum Gasteiger partial charge on any atom is 0.245 e. The zero-order chi connectivity index (χ0) is 13.0. The molecule has 0 aliphatic carbocycles. The molecule has 1 N–H and O–H groups in total. The van der Waals surface area contributed by atoms with Gasteiger partial charge in [-0.05, 0) is 6.07 Å². The fourth-order valence-electron chi connectivity index (χ4n) is 1.75. The Balaban J connectivity index is 2.00. The van der Waals surface area contributed by atoms with Crippen LogP contribution in [0.1, 0.15) is 5.56 Å². The fraction of sp³-hybridized carbons (Fsp3) is 0.385. The molecule has 5 heteroatoms. The molecule has 0 unspecified atom stereocenters. The van der Waals surface area contributed by atoms with Gasteiger partial charge < -0.3 is 14.8 Å². The Morgan fingerprint density at radius 2 is 2.28 bits per heavy atom. The first kappa shape index (κ1) is 12.4. The summed E-state index contributed by atoms with van der Waals surface area (Å²) in [6, 6.07) is 9.44. The highest BCUT2D eigenvalue weighted by Gasteiger charge is 2.46. The summed E-state index contributed by atoms with van der Waals surface area (Å²) in [5, 5.41) is 11.7. The predicted octanol–water partition coefficient (Wildman–Crippen LogP) is 0.852. The molecular formula is C13H14N2O3. The maximum atomic E-state index is 11.9. The summed E-state index contributed by atoms with van der Waals surface area (Å²) in [5.41, 5.74) is -0.135. The average Bonchev–Trinajstić information content (AvgIpc) is 2.36. The molecule has 1 aromatic carbocycles. The summed E-state index contributed by atoms with van der Waals surface area (Å²) in [4.78, 5) is 11.9. The van der Waals surface area contributed by atoms with Crippen molar-refractivity contribution in [1.82, 2.24) is 5.32 Å². The Hall–Kier alpha value is -2.06. The third-order valence-electron chi connectivity index (χ3n) is 2.98. The molecule has 1 saturated heterocycles. The number of methoxy groups -OCH3 is 1. The third-order valence-corrected chi connectivity index (χ3v) is 2.98. The second kappa shape index (κ2) is 5.07. The lowest BCUT2D eigenvalue weighted by atomic mass is 9.87. The molecule has 1 amide bonds. The normalized spacial score (nSPS) is 16.2. The highest BCUT2D eigenvalue weighted by Crippen LogP contribution is 2.27. The van der Waals surface area contributed by atoms with E-state index in [2.05, 4.69) is 5.32 Å². The van der Waals surface area contributed by atoms with Gasteiger partial charge in [-0.2, -0.15) is 5.26 Å². The monoisotopic (exact) mass is 246 g/mol. The smallest absolute Gasteiger partial charge is 0.245 e. The highest BCUT2D eigenvalue weighted by atomic mass is 16.5. The number of amides is 1. The third kappa shape index (κ3) is 2.15. The van der Waals surface area contributed by atoms with Gasteiger partial charge in [0.05, 0.1) is 26.4 Å². The van der Waals surface area contributed by atoms with Crippen LogP contribution in [0.3, 0.4) is 0 Å². The van der Waals surface area contributed by atoms with Crippen LogP contribution in [-0.2, 0) is 16.1 Å². The van der Waals surface area contributed by atoms with Crippen molar-refractivity contribution in [3.63, 3.8) is 0 Å². The summed E-state index contributed by atoms with van der Waals surface area (Å²) in [7, 11) is 1.58. The van der Waals surface area contributed by atoms with Gasteiger partial charge in [-0.15, -0.1) is 0 Å². The summed E-state index contributed by atoms with van der Waals surface area (Å²) in [6.45, 7) is 0.675. The zero-order valence-corrected chi connectivity index (χ0v) is 10.1. The molecule has 0 radical (unpaired) electrons. The quantitative estimate of drug-likeness (QED) is 0.855. The molecule has 94 valence electrons. The first-order chi connectivity index (χ1) is 8.72. The molecule has 18 heavy (non-hydrogen) atoms. The van der Waals surface area contributed by atoms with Gasteiger partial charge >= 0.3 is 0 Å². The minimum atomic E-state index is -1.01. The lowest BCUT2D eigenvalue weighted by Gasteiger charge is -2.33. The van der Waals surface area contributed by atoms with Gasteiger partial charge in [-0.25, -0.2) is 0 Å². The van der Waals surface area contributed by atoms with Gasteiger partial charge in [0, 0.05) is 12.1 Å². The van der Waals surface area contributed by atoms with Crippen LogP contribution >= 0.6 is 0 Å². The minimum absolute atomic E-state index is 0.168. The second-order valence-electron chi connectivity index (χ2n) is 4.18. The number of hydrogen-bond donors (Lipinski definition) is 1. The average molecular weight is 246 g/mol. The number of ether oxygens (including phenoxy) is 2. The second-order valence-corrected chi connectivity index (χ2v) is 4.18. The molecular weight excluding hydrogens is 232 g/mol. The molecule has 2 rings (SSSR count). The summed E-state index contributed by atoms with van der Waals surface area (Å²) in [6.07, 6.45) is 0. The van der Waals surface area contributed by atoms with E-state index >= 15 is 0 Å². The van der Waals surface area contributed by atoms with E-state index in [0.29, 0.717) is 12.3 Å². The van der Waals surface area contributed by atoms with Crippen molar-refractivity contribution in [1.29, 1.82) is 5.26 Å². The first-order valence-corrected chi connectivity index (χ1v) is 5.61. The highest BCUT2D eigenvalue weighted by molar-refractivity contribution is 5.86. The van der Waals surface area contributed by atoms with E-state index in [4.69, 9.17) is 14.7 Å². The van der Waals surface area contributed by atoms with Gasteiger partial charge in [0.25, 0.3) is 0 Å². The van der Waals surface area contributed by atoms with E-state index in [9.17, 15) is 4.79 Å². The number of rotatable bonds is 4. The van der Waals surface area contributed by atoms with E-state index in [1.54, 1.807) is 7.11 Å². The van der Waals surface area contributed by atoms with Crippen molar-refractivity contribution in [3.8, 4) is 11.8 Å². The van der Waals surface area contributed by atoms with E-state index in [0.717, 1.165) is 5.56 Å². The number of hydrogen-bond acceptors (Lipinski definition) is 4. The zero-order valence-electron chi connectivity index (χ0n) is 10.1. The lowest BCUT2D eigenvalue weighted by Crippen LogP contribution is -2.52. The van der Waals surface area contributed by atoms with Crippen LogP contribution in [0.5, 0.6) is 5.75 Å².